The zero-order chi connectivity index (χ0) is 23.3. The van der Waals surface area contributed by atoms with Gasteiger partial charge in [0, 0.05) is 31.5 Å². The summed E-state index contributed by atoms with van der Waals surface area (Å²) < 4.78 is 10.6. The number of nitro groups is 1. The predicted molar refractivity (Wildman–Crippen MR) is 115 cm³/mol. The van der Waals surface area contributed by atoms with E-state index in [0.29, 0.717) is 45.3 Å². The van der Waals surface area contributed by atoms with Crippen molar-refractivity contribution in [3.05, 3.63) is 52.6 Å². The van der Waals surface area contributed by atoms with E-state index >= 15 is 0 Å². The predicted octanol–water partition coefficient (Wildman–Crippen LogP) is 2.98. The summed E-state index contributed by atoms with van der Waals surface area (Å²) in [6.45, 7) is 6.24. The number of ether oxygens (including phenoxy) is 2. The van der Waals surface area contributed by atoms with E-state index < -0.39 is 28.5 Å². The summed E-state index contributed by atoms with van der Waals surface area (Å²) in [6.07, 6.45) is 3.90. The first-order chi connectivity index (χ1) is 15.3. The zero-order valence-corrected chi connectivity index (χ0v) is 18.1. The van der Waals surface area contributed by atoms with Gasteiger partial charge in [0.05, 0.1) is 28.6 Å². The average molecular weight is 444 g/mol. The molecule has 2 fully saturated rings. The van der Waals surface area contributed by atoms with Crippen LogP contribution in [0.5, 0.6) is 0 Å². The van der Waals surface area contributed by atoms with Crippen molar-refractivity contribution in [1.82, 2.24) is 5.32 Å². The number of nitrogens with zero attached hydrogens (tertiary/aromatic N) is 1. The van der Waals surface area contributed by atoms with Crippen molar-refractivity contribution in [2.45, 2.75) is 51.2 Å². The molecule has 0 bridgehead atoms. The minimum atomic E-state index is -0.583. The number of non-ortho nitro benzene ring substituents is 1. The van der Waals surface area contributed by atoms with Crippen molar-refractivity contribution in [2.24, 2.45) is 11.3 Å². The second-order valence-corrected chi connectivity index (χ2v) is 8.27. The minimum Gasteiger partial charge on any atom is -0.466 e. The third-order valence-electron chi connectivity index (χ3n) is 6.21. The number of hydrogen-bond acceptors (Lipinski definition) is 8. The molecule has 0 spiro atoms. The van der Waals surface area contributed by atoms with Crippen molar-refractivity contribution in [1.29, 1.82) is 0 Å². The van der Waals surface area contributed by atoms with Crippen LogP contribution in [0.25, 0.3) is 0 Å². The van der Waals surface area contributed by atoms with Gasteiger partial charge >= 0.3 is 11.9 Å². The number of nitro benzene ring substituents is 1. The van der Waals surface area contributed by atoms with Crippen molar-refractivity contribution in [2.75, 3.05) is 13.2 Å². The molecule has 3 rings (SSSR count). The van der Waals surface area contributed by atoms with Gasteiger partial charge in [-0.3, -0.25) is 19.7 Å². The van der Waals surface area contributed by atoms with Gasteiger partial charge in [-0.05, 0) is 44.2 Å². The quantitative estimate of drug-likeness (QED) is 0.239. The van der Waals surface area contributed by atoms with Gasteiger partial charge in [0.25, 0.3) is 5.69 Å². The molecule has 0 radical (unpaired) electrons. The zero-order valence-electron chi connectivity index (χ0n) is 18.1. The second kappa shape index (κ2) is 10.0. The molecule has 9 nitrogen and oxygen atoms in total. The molecular weight excluding hydrogens is 416 g/mol. The molecule has 0 unspecified atom stereocenters. The van der Waals surface area contributed by atoms with Gasteiger partial charge in [0.15, 0.2) is 0 Å². The van der Waals surface area contributed by atoms with Gasteiger partial charge in [-0.15, -0.1) is 6.58 Å². The summed E-state index contributed by atoms with van der Waals surface area (Å²) in [5, 5.41) is 13.8. The summed E-state index contributed by atoms with van der Waals surface area (Å²) in [6, 6.07) is 4.78. The summed E-state index contributed by atoms with van der Waals surface area (Å²) >= 11 is 0. The Hall–Kier alpha value is -3.07. The fourth-order valence-electron chi connectivity index (χ4n) is 4.27. The number of rotatable bonds is 11. The molecule has 4 atom stereocenters. The average Bonchev–Trinajstić information content (AvgIpc) is 3.32. The van der Waals surface area contributed by atoms with Gasteiger partial charge in [-0.25, -0.2) is 4.79 Å². The van der Waals surface area contributed by atoms with E-state index in [-0.39, 0.29) is 28.9 Å². The maximum atomic E-state index is 12.6. The molecule has 0 amide bonds. The molecule has 1 heterocycles. The Labute approximate surface area is 186 Å². The SMILES string of the molecule is C=C[C@@H]1C[C@]1(CCCC(=O)[C@@H]1C[C@H](OC(=O)c2ccc([N+](=O)[O-])cc2)CN1)C(=O)OCC. The van der Waals surface area contributed by atoms with Gasteiger partial charge in [-0.2, -0.15) is 0 Å². The van der Waals surface area contributed by atoms with Crippen LogP contribution in [0.15, 0.2) is 36.9 Å². The number of carbonyl (C=O) groups is 3. The topological polar surface area (TPSA) is 125 Å². The summed E-state index contributed by atoms with van der Waals surface area (Å²) in [7, 11) is 0. The second-order valence-electron chi connectivity index (χ2n) is 8.27. The number of ketones is 1. The highest BCUT2D eigenvalue weighted by molar-refractivity contribution is 5.90. The maximum absolute atomic E-state index is 12.6. The monoisotopic (exact) mass is 444 g/mol. The normalized spacial score (nSPS) is 26.2. The van der Waals surface area contributed by atoms with Gasteiger partial charge < -0.3 is 14.8 Å². The third kappa shape index (κ3) is 5.21. The van der Waals surface area contributed by atoms with Crippen LogP contribution < -0.4 is 5.32 Å². The van der Waals surface area contributed by atoms with Crippen LogP contribution in [0.1, 0.15) is 49.4 Å². The van der Waals surface area contributed by atoms with Crippen LogP contribution in [0, 0.1) is 21.4 Å². The molecule has 1 aromatic carbocycles. The van der Waals surface area contributed by atoms with E-state index in [1.807, 2.05) is 0 Å². The number of Topliss-reactive ketones (excluding diaryl/α,β-unsaturated/α-hetero) is 1. The van der Waals surface area contributed by atoms with E-state index in [0.717, 1.165) is 0 Å². The maximum Gasteiger partial charge on any atom is 0.338 e. The number of allylic oxidation sites excluding steroid dienone is 1. The fraction of sp³-hybridized carbons (Fsp3) is 0.522. The molecule has 9 heteroatoms. The lowest BCUT2D eigenvalue weighted by atomic mass is 9.94. The molecule has 32 heavy (non-hydrogen) atoms. The summed E-state index contributed by atoms with van der Waals surface area (Å²) in [5.41, 5.74) is -0.426. The molecule has 1 aliphatic heterocycles. The lowest BCUT2D eigenvalue weighted by Crippen LogP contribution is -2.30. The molecule has 0 aromatic heterocycles. The van der Waals surface area contributed by atoms with E-state index in [1.54, 1.807) is 13.0 Å². The first-order valence-corrected chi connectivity index (χ1v) is 10.8. The van der Waals surface area contributed by atoms with Crippen LogP contribution in [0.4, 0.5) is 5.69 Å². The van der Waals surface area contributed by atoms with E-state index in [9.17, 15) is 24.5 Å². The highest BCUT2D eigenvalue weighted by atomic mass is 16.6. The van der Waals surface area contributed by atoms with Gasteiger partial charge in [-0.1, -0.05) is 6.08 Å². The van der Waals surface area contributed by atoms with Crippen LogP contribution in [-0.4, -0.2) is 47.9 Å². The largest absolute Gasteiger partial charge is 0.466 e. The van der Waals surface area contributed by atoms with Crippen LogP contribution in [0.3, 0.4) is 0 Å². The van der Waals surface area contributed by atoms with Crippen molar-refractivity contribution >= 4 is 23.4 Å². The Morgan fingerprint density at radius 3 is 2.62 bits per heavy atom. The molecule has 1 saturated carbocycles. The Balaban J connectivity index is 1.44. The van der Waals surface area contributed by atoms with E-state index in [1.165, 1.54) is 24.3 Å². The van der Waals surface area contributed by atoms with Crippen LogP contribution in [0.2, 0.25) is 0 Å². The van der Waals surface area contributed by atoms with Gasteiger partial charge in [0.2, 0.25) is 0 Å². The smallest absolute Gasteiger partial charge is 0.338 e. The first-order valence-electron chi connectivity index (χ1n) is 10.8. The number of carbonyl (C=O) groups excluding carboxylic acids is 3. The van der Waals surface area contributed by atoms with Crippen molar-refractivity contribution < 1.29 is 28.8 Å². The lowest BCUT2D eigenvalue weighted by molar-refractivity contribution is -0.384. The summed E-state index contributed by atoms with van der Waals surface area (Å²) in [4.78, 5) is 47.3. The Morgan fingerprint density at radius 2 is 2.03 bits per heavy atom. The molecule has 2 aliphatic rings. The van der Waals surface area contributed by atoms with Crippen molar-refractivity contribution in [3.8, 4) is 0 Å². The Morgan fingerprint density at radius 1 is 1.31 bits per heavy atom. The highest BCUT2D eigenvalue weighted by Gasteiger charge is 2.58. The molecule has 172 valence electrons. The molecular formula is C23H28N2O7. The van der Waals surface area contributed by atoms with E-state index in [4.69, 9.17) is 9.47 Å². The first kappa shape index (κ1) is 23.6. The van der Waals surface area contributed by atoms with E-state index in [2.05, 4.69) is 11.9 Å². The van der Waals surface area contributed by atoms with Gasteiger partial charge in [0.1, 0.15) is 11.9 Å². The minimum absolute atomic E-state index is 0.0219. The number of hydrogen-bond donors (Lipinski definition) is 1. The molecule has 1 N–H and O–H groups in total. The number of benzene rings is 1. The van der Waals surface area contributed by atoms with Crippen molar-refractivity contribution in [3.63, 3.8) is 0 Å². The lowest BCUT2D eigenvalue weighted by Gasteiger charge is -2.15. The molecule has 1 aliphatic carbocycles. The Kier molecular flexibility index (Phi) is 7.40. The molecule has 1 aromatic rings. The Bertz CT molecular complexity index is 898. The standard InChI is InChI=1S/C23H28N2O7/c1-3-16-13-23(16,22(28)31-4-2)11-5-6-20(26)19-12-18(14-24-19)32-21(27)15-7-9-17(10-8-15)25(29)30/h3,7-10,16,18-19,24H,1,4-6,11-14H2,2H3/t16-,18+,19+,23+/m1/s1. The van der Waals surface area contributed by atoms with Crippen LogP contribution >= 0.6 is 0 Å². The third-order valence-corrected chi connectivity index (χ3v) is 6.21. The van der Waals surface area contributed by atoms with Crippen LogP contribution in [-0.2, 0) is 19.1 Å². The summed E-state index contributed by atoms with van der Waals surface area (Å²) in [5.74, 6) is -0.673. The molecule has 1 saturated heterocycles. The highest BCUT2D eigenvalue weighted by Crippen LogP contribution is 2.57. The number of esters is 2. The number of nitrogens with one attached hydrogen (secondary N) is 1. The fourth-order valence-corrected chi connectivity index (χ4v) is 4.27.